The first kappa shape index (κ1) is 27.7. The summed E-state index contributed by atoms with van der Waals surface area (Å²) in [7, 11) is -2.00. The second-order valence-corrected chi connectivity index (χ2v) is 13.5. The molecule has 9 heteroatoms. The van der Waals surface area contributed by atoms with Crippen LogP contribution in [0.3, 0.4) is 0 Å². The maximum Gasteiger partial charge on any atom is 0.243 e. The van der Waals surface area contributed by atoms with E-state index in [0.717, 1.165) is 22.5 Å². The molecule has 0 amide bonds. The van der Waals surface area contributed by atoms with Crippen molar-refractivity contribution >= 4 is 16.1 Å². The Bertz CT molecular complexity index is 1460. The number of benzene rings is 2. The van der Waals surface area contributed by atoms with Crippen LogP contribution in [0.5, 0.6) is 0 Å². The van der Waals surface area contributed by atoms with Gasteiger partial charge in [-0.3, -0.25) is 0 Å². The Morgan fingerprint density at radius 1 is 1.10 bits per heavy atom. The number of methoxy groups -OCH3 is 1. The third kappa shape index (κ3) is 5.45. The predicted octanol–water partition coefficient (Wildman–Crippen LogP) is 4.57. The quantitative estimate of drug-likeness (QED) is 0.415. The molecule has 1 N–H and O–H groups in total. The molecule has 1 aliphatic heterocycles. The van der Waals surface area contributed by atoms with Gasteiger partial charge in [0.2, 0.25) is 10.0 Å². The number of nitrogens with one attached hydrogen (secondary N) is 1. The highest BCUT2D eigenvalue weighted by Crippen LogP contribution is 2.45. The maximum atomic E-state index is 13.8. The van der Waals surface area contributed by atoms with E-state index in [4.69, 9.17) is 4.74 Å². The molecule has 2 aliphatic rings. The van der Waals surface area contributed by atoms with Crippen LogP contribution in [0.15, 0.2) is 65.2 Å². The van der Waals surface area contributed by atoms with Crippen LogP contribution in [-0.2, 0) is 26.6 Å². The van der Waals surface area contributed by atoms with Crippen LogP contribution in [0.25, 0.3) is 11.8 Å². The van der Waals surface area contributed by atoms with Crippen LogP contribution in [0, 0.1) is 11.2 Å². The molecule has 1 aliphatic carbocycles. The number of halogens is 1. The SMILES string of the molecule is COCCNC[C@]12Cc3cnn(-c4ccc(F)cc4)c3C=C1CCN(S(=O)(=O)c1ccc(C(C)(C)C)cc1)C2. The van der Waals surface area contributed by atoms with E-state index in [1.165, 1.54) is 17.7 Å². The molecule has 2 aromatic carbocycles. The number of nitrogens with zero attached hydrogens (tertiary/aromatic N) is 3. The van der Waals surface area contributed by atoms with Crippen molar-refractivity contribution in [2.24, 2.45) is 5.41 Å². The number of aromatic nitrogens is 2. The molecule has 1 atom stereocenters. The number of hydrogen-bond acceptors (Lipinski definition) is 5. The summed E-state index contributed by atoms with van der Waals surface area (Å²) in [6, 6.07) is 13.6. The second kappa shape index (κ2) is 10.6. The van der Waals surface area contributed by atoms with Gasteiger partial charge >= 0.3 is 0 Å². The molecule has 0 spiro atoms. The fourth-order valence-corrected chi connectivity index (χ4v) is 7.16. The van der Waals surface area contributed by atoms with E-state index >= 15 is 0 Å². The standard InChI is InChI=1S/C30H37FN4O3S/c1-29(2,3)23-5-11-27(12-6-23)39(36,37)34-15-13-24-17-28-22(18-30(24,21-34)20-32-14-16-38-4)19-33-35(28)26-9-7-25(31)8-10-26/h5-12,17,19,32H,13-16,18,20-21H2,1-4H3/t30-/m0/s1. The van der Waals surface area contributed by atoms with Crippen LogP contribution in [0.1, 0.15) is 44.0 Å². The summed E-state index contributed by atoms with van der Waals surface area (Å²) in [5.41, 5.74) is 4.65. The molecule has 39 heavy (non-hydrogen) atoms. The zero-order valence-electron chi connectivity index (χ0n) is 23.1. The summed E-state index contributed by atoms with van der Waals surface area (Å²) < 4.78 is 49.9. The van der Waals surface area contributed by atoms with Crippen molar-refractivity contribution in [3.8, 4) is 5.69 Å². The summed E-state index contributed by atoms with van der Waals surface area (Å²) in [5.74, 6) is -0.291. The van der Waals surface area contributed by atoms with Crippen molar-refractivity contribution in [3.63, 3.8) is 0 Å². The van der Waals surface area contributed by atoms with Crippen molar-refractivity contribution in [1.29, 1.82) is 0 Å². The molecule has 0 unspecified atom stereocenters. The third-order valence-electron chi connectivity index (χ3n) is 7.89. The Labute approximate surface area is 230 Å². The van der Waals surface area contributed by atoms with Gasteiger partial charge in [-0.15, -0.1) is 0 Å². The van der Waals surface area contributed by atoms with Gasteiger partial charge in [0.1, 0.15) is 5.82 Å². The molecule has 7 nitrogen and oxygen atoms in total. The van der Waals surface area contributed by atoms with Gasteiger partial charge in [-0.25, -0.2) is 17.5 Å². The van der Waals surface area contributed by atoms with Crippen molar-refractivity contribution in [2.45, 2.75) is 43.9 Å². The normalized spacial score (nSPS) is 19.9. The van der Waals surface area contributed by atoms with Crippen LogP contribution < -0.4 is 5.32 Å². The number of piperidine rings is 1. The summed E-state index contributed by atoms with van der Waals surface area (Å²) in [5, 5.41) is 8.12. The summed E-state index contributed by atoms with van der Waals surface area (Å²) >= 11 is 0. The topological polar surface area (TPSA) is 76.5 Å². The molecular weight excluding hydrogens is 515 g/mol. The number of sulfonamides is 1. The zero-order valence-corrected chi connectivity index (χ0v) is 23.9. The number of rotatable bonds is 8. The van der Waals surface area contributed by atoms with Gasteiger partial charge in [0.25, 0.3) is 0 Å². The minimum absolute atomic E-state index is 0.0524. The van der Waals surface area contributed by atoms with E-state index in [-0.39, 0.29) is 11.2 Å². The smallest absolute Gasteiger partial charge is 0.243 e. The first-order valence-electron chi connectivity index (χ1n) is 13.4. The van der Waals surface area contributed by atoms with Gasteiger partial charge in [0.15, 0.2) is 0 Å². The van der Waals surface area contributed by atoms with Crippen molar-refractivity contribution in [2.75, 3.05) is 39.9 Å². The Balaban J connectivity index is 1.47. The molecule has 1 saturated heterocycles. The lowest BCUT2D eigenvalue weighted by Crippen LogP contribution is -2.53. The largest absolute Gasteiger partial charge is 0.383 e. The highest BCUT2D eigenvalue weighted by molar-refractivity contribution is 7.89. The Kier molecular flexibility index (Phi) is 7.54. The Hall–Kier alpha value is -2.85. The predicted molar refractivity (Wildman–Crippen MR) is 151 cm³/mol. The highest BCUT2D eigenvalue weighted by Gasteiger charge is 2.45. The lowest BCUT2D eigenvalue weighted by Gasteiger charge is -2.46. The minimum atomic E-state index is -3.67. The molecule has 0 radical (unpaired) electrons. The van der Waals surface area contributed by atoms with Gasteiger partial charge in [-0.2, -0.15) is 9.40 Å². The minimum Gasteiger partial charge on any atom is -0.383 e. The number of ether oxygens (including phenoxy) is 1. The molecular formula is C30H37FN4O3S. The van der Waals surface area contributed by atoms with Crippen molar-refractivity contribution < 1.29 is 17.5 Å². The third-order valence-corrected chi connectivity index (χ3v) is 9.75. The van der Waals surface area contributed by atoms with Gasteiger partial charge in [0.05, 0.1) is 29.1 Å². The van der Waals surface area contributed by atoms with Crippen molar-refractivity contribution in [1.82, 2.24) is 19.4 Å². The molecule has 0 saturated carbocycles. The van der Waals surface area contributed by atoms with E-state index in [1.807, 2.05) is 23.0 Å². The highest BCUT2D eigenvalue weighted by atomic mass is 32.2. The van der Waals surface area contributed by atoms with E-state index in [9.17, 15) is 12.8 Å². The first-order chi connectivity index (χ1) is 18.5. The molecule has 0 bridgehead atoms. The second-order valence-electron chi connectivity index (χ2n) is 11.6. The van der Waals surface area contributed by atoms with Crippen LogP contribution in [0.4, 0.5) is 4.39 Å². The van der Waals surface area contributed by atoms with E-state index < -0.39 is 15.4 Å². The first-order valence-corrected chi connectivity index (χ1v) is 14.8. The maximum absolute atomic E-state index is 13.8. The molecule has 3 aromatic rings. The Morgan fingerprint density at radius 3 is 2.49 bits per heavy atom. The number of fused-ring (bicyclic) bond motifs is 2. The average molecular weight is 553 g/mol. The fraction of sp³-hybridized carbons (Fsp3) is 0.433. The van der Waals surface area contributed by atoms with Crippen molar-refractivity contribution in [3.05, 3.63) is 82.9 Å². The van der Waals surface area contributed by atoms with Gasteiger partial charge in [0, 0.05) is 38.7 Å². The van der Waals surface area contributed by atoms with Gasteiger partial charge in [-0.1, -0.05) is 38.5 Å². The molecule has 1 aromatic heterocycles. The average Bonchev–Trinajstić information content (AvgIpc) is 3.31. The van der Waals surface area contributed by atoms with Crippen LogP contribution in [-0.4, -0.2) is 62.4 Å². The summed E-state index contributed by atoms with van der Waals surface area (Å²) in [6.45, 7) is 9.01. The molecule has 5 rings (SSSR count). The monoisotopic (exact) mass is 552 g/mol. The van der Waals surface area contributed by atoms with Crippen LogP contribution >= 0.6 is 0 Å². The van der Waals surface area contributed by atoms with E-state index in [0.29, 0.717) is 50.5 Å². The molecule has 208 valence electrons. The summed E-state index contributed by atoms with van der Waals surface area (Å²) in [4.78, 5) is 0.325. The van der Waals surface area contributed by atoms with E-state index in [2.05, 4.69) is 37.3 Å². The van der Waals surface area contributed by atoms with Gasteiger partial charge < -0.3 is 10.1 Å². The summed E-state index contributed by atoms with van der Waals surface area (Å²) in [6.07, 6.45) is 5.29. The lowest BCUT2D eigenvalue weighted by molar-refractivity contribution is 0.178. The van der Waals surface area contributed by atoms with E-state index in [1.54, 1.807) is 35.7 Å². The molecule has 1 fully saturated rings. The van der Waals surface area contributed by atoms with Crippen LogP contribution in [0.2, 0.25) is 0 Å². The zero-order chi connectivity index (χ0) is 27.8. The fourth-order valence-electron chi connectivity index (χ4n) is 5.64. The number of hydrogen-bond donors (Lipinski definition) is 1. The Morgan fingerprint density at radius 2 is 1.82 bits per heavy atom. The lowest BCUT2D eigenvalue weighted by atomic mass is 9.68. The molecule has 2 heterocycles. The van der Waals surface area contributed by atoms with Gasteiger partial charge in [-0.05, 0) is 71.9 Å².